The Morgan fingerprint density at radius 2 is 1.97 bits per heavy atom. The number of likely N-dealkylation sites (N-methyl/N-ethyl adjacent to an activating group) is 1. The van der Waals surface area contributed by atoms with E-state index in [0.29, 0.717) is 42.9 Å². The average molecular weight is 528 g/mol. The second-order valence-corrected chi connectivity index (χ2v) is 10.3. The number of pyridine rings is 1. The zero-order chi connectivity index (χ0) is 27.3. The number of anilines is 3. The fourth-order valence-corrected chi connectivity index (χ4v) is 4.82. The number of nitrogens with zero attached hydrogens (tertiary/aromatic N) is 8. The molecular formula is C27H29N9O3. The number of rotatable bonds is 5. The van der Waals surface area contributed by atoms with Crippen molar-refractivity contribution in [3.8, 4) is 28.4 Å². The molecule has 1 amide bonds. The lowest BCUT2D eigenvalue weighted by atomic mass is 9.91. The molecule has 0 unspecified atom stereocenters. The van der Waals surface area contributed by atoms with Crippen molar-refractivity contribution in [1.29, 1.82) is 0 Å². The normalized spacial score (nSPS) is 15.1. The summed E-state index contributed by atoms with van der Waals surface area (Å²) in [6.07, 6.45) is 5.16. The van der Waals surface area contributed by atoms with Gasteiger partial charge < -0.3 is 24.6 Å². The van der Waals surface area contributed by atoms with Crippen molar-refractivity contribution in [3.63, 3.8) is 0 Å². The van der Waals surface area contributed by atoms with Crippen LogP contribution in [0.15, 0.2) is 42.9 Å². The number of hydrogen-bond acceptors (Lipinski definition) is 10. The van der Waals surface area contributed by atoms with E-state index in [1.165, 1.54) is 0 Å². The minimum absolute atomic E-state index is 0.0202. The van der Waals surface area contributed by atoms with Crippen LogP contribution in [0, 0.1) is 6.92 Å². The van der Waals surface area contributed by atoms with Crippen molar-refractivity contribution < 1.29 is 14.3 Å². The second-order valence-electron chi connectivity index (χ2n) is 10.3. The predicted octanol–water partition coefficient (Wildman–Crippen LogP) is 3.09. The zero-order valence-electron chi connectivity index (χ0n) is 22.5. The summed E-state index contributed by atoms with van der Waals surface area (Å²) in [6, 6.07) is 7.76. The number of aromatic nitrogens is 6. The summed E-state index contributed by atoms with van der Waals surface area (Å²) in [6.45, 7) is 7.06. The highest BCUT2D eigenvalue weighted by atomic mass is 16.5. The van der Waals surface area contributed by atoms with E-state index in [4.69, 9.17) is 14.5 Å². The van der Waals surface area contributed by atoms with Gasteiger partial charge in [-0.2, -0.15) is 0 Å². The third-order valence-electron chi connectivity index (χ3n) is 6.63. The maximum Gasteiger partial charge on any atom is 0.241 e. The SMILES string of the molecule is Cc1cnnn1-c1ccc2c(c1)OC(C)(C)c1nc(Nc3cnc4c(c3)N(C(=O)CN(C)C)CCO4)ncc1-2. The molecule has 12 nitrogen and oxygen atoms in total. The van der Waals surface area contributed by atoms with Gasteiger partial charge in [-0.25, -0.2) is 19.6 Å². The molecule has 0 radical (unpaired) electrons. The molecule has 2 aliphatic heterocycles. The van der Waals surface area contributed by atoms with Gasteiger partial charge in [-0.15, -0.1) is 5.10 Å². The first kappa shape index (κ1) is 24.7. The molecule has 0 bridgehead atoms. The molecule has 0 aliphatic carbocycles. The van der Waals surface area contributed by atoms with Crippen LogP contribution in [0.1, 0.15) is 25.2 Å². The van der Waals surface area contributed by atoms with Crippen molar-refractivity contribution in [1.82, 2.24) is 34.8 Å². The van der Waals surface area contributed by atoms with Crippen molar-refractivity contribution in [2.45, 2.75) is 26.4 Å². The summed E-state index contributed by atoms with van der Waals surface area (Å²) < 4.78 is 13.9. The lowest BCUT2D eigenvalue weighted by Gasteiger charge is -2.34. The fourth-order valence-electron chi connectivity index (χ4n) is 4.82. The summed E-state index contributed by atoms with van der Waals surface area (Å²) in [5, 5.41) is 11.4. The highest BCUT2D eigenvalue weighted by molar-refractivity contribution is 5.96. The minimum Gasteiger partial charge on any atom is -0.481 e. The topological polar surface area (TPSA) is 123 Å². The number of aryl methyl sites for hydroxylation is 1. The van der Waals surface area contributed by atoms with Crippen molar-refractivity contribution in [2.75, 3.05) is 44.0 Å². The molecule has 0 saturated carbocycles. The van der Waals surface area contributed by atoms with Crippen LogP contribution in [-0.4, -0.2) is 74.5 Å². The molecule has 39 heavy (non-hydrogen) atoms. The van der Waals surface area contributed by atoms with Gasteiger partial charge in [-0.1, -0.05) is 5.21 Å². The van der Waals surface area contributed by atoms with E-state index in [1.807, 2.05) is 64.0 Å². The van der Waals surface area contributed by atoms with Gasteiger partial charge in [0, 0.05) is 23.4 Å². The van der Waals surface area contributed by atoms with Gasteiger partial charge in [0.2, 0.25) is 17.7 Å². The highest BCUT2D eigenvalue weighted by Crippen LogP contribution is 2.45. The zero-order valence-corrected chi connectivity index (χ0v) is 22.5. The molecule has 0 spiro atoms. The van der Waals surface area contributed by atoms with Crippen molar-refractivity contribution in [2.24, 2.45) is 0 Å². The summed E-state index contributed by atoms with van der Waals surface area (Å²) in [5.41, 5.74) is 4.90. The highest BCUT2D eigenvalue weighted by Gasteiger charge is 2.35. The van der Waals surface area contributed by atoms with Crippen LogP contribution in [0.2, 0.25) is 0 Å². The number of benzene rings is 1. The number of carbonyl (C=O) groups excluding carboxylic acids is 1. The molecule has 0 saturated heterocycles. The minimum atomic E-state index is -0.713. The Morgan fingerprint density at radius 3 is 2.74 bits per heavy atom. The summed E-state index contributed by atoms with van der Waals surface area (Å²) in [5.74, 6) is 1.53. The predicted molar refractivity (Wildman–Crippen MR) is 145 cm³/mol. The number of amides is 1. The molecular weight excluding hydrogens is 498 g/mol. The molecule has 2 aliphatic rings. The van der Waals surface area contributed by atoms with E-state index in [1.54, 1.807) is 28.2 Å². The van der Waals surface area contributed by atoms with Crippen molar-refractivity contribution >= 4 is 23.2 Å². The fraction of sp³-hybridized carbons (Fsp3) is 0.333. The van der Waals surface area contributed by atoms with E-state index >= 15 is 0 Å². The van der Waals surface area contributed by atoms with Gasteiger partial charge in [0.15, 0.2) is 0 Å². The van der Waals surface area contributed by atoms with E-state index in [-0.39, 0.29) is 5.91 Å². The molecule has 1 aromatic carbocycles. The van der Waals surface area contributed by atoms with E-state index in [0.717, 1.165) is 34.0 Å². The lowest BCUT2D eigenvalue weighted by molar-refractivity contribution is -0.119. The van der Waals surface area contributed by atoms with Gasteiger partial charge in [0.05, 0.1) is 48.2 Å². The monoisotopic (exact) mass is 527 g/mol. The number of ether oxygens (including phenoxy) is 2. The smallest absolute Gasteiger partial charge is 0.241 e. The first-order chi connectivity index (χ1) is 18.7. The van der Waals surface area contributed by atoms with Gasteiger partial charge in [0.25, 0.3) is 0 Å². The van der Waals surface area contributed by atoms with Crippen LogP contribution in [-0.2, 0) is 10.4 Å². The molecule has 5 heterocycles. The molecule has 1 N–H and O–H groups in total. The Hall–Kier alpha value is -4.58. The van der Waals surface area contributed by atoms with Crippen LogP contribution < -0.4 is 19.7 Å². The largest absolute Gasteiger partial charge is 0.481 e. The standard InChI is InChI=1S/C27H29N9O3/c1-16-12-30-33-36(16)18-6-7-19-20-14-29-26(32-24(20)27(2,3)39-22(19)11-18)31-17-10-21-25(28-13-17)38-9-8-35(21)23(37)15-34(4)5/h6-7,10-14H,8-9,15H2,1-5H3,(H,29,31,32). The van der Waals surface area contributed by atoms with Gasteiger partial charge in [0.1, 0.15) is 23.6 Å². The molecule has 0 atom stereocenters. The van der Waals surface area contributed by atoms with Crippen LogP contribution in [0.5, 0.6) is 11.6 Å². The summed E-state index contributed by atoms with van der Waals surface area (Å²) in [7, 11) is 3.73. The number of fused-ring (bicyclic) bond motifs is 4. The Balaban J connectivity index is 1.31. The number of carbonyl (C=O) groups is 1. The summed E-state index contributed by atoms with van der Waals surface area (Å²) >= 11 is 0. The maximum atomic E-state index is 12.8. The second kappa shape index (κ2) is 9.31. The maximum absolute atomic E-state index is 12.8. The number of hydrogen-bond donors (Lipinski definition) is 1. The Kier molecular flexibility index (Phi) is 5.91. The Morgan fingerprint density at radius 1 is 1.13 bits per heavy atom. The first-order valence-electron chi connectivity index (χ1n) is 12.6. The third-order valence-corrected chi connectivity index (χ3v) is 6.63. The lowest BCUT2D eigenvalue weighted by Crippen LogP contribution is -2.42. The average Bonchev–Trinajstić information content (AvgIpc) is 3.33. The van der Waals surface area contributed by atoms with Crippen LogP contribution in [0.25, 0.3) is 16.8 Å². The van der Waals surface area contributed by atoms with Crippen LogP contribution in [0.4, 0.5) is 17.3 Å². The molecule has 6 rings (SSSR count). The molecule has 200 valence electrons. The molecule has 4 aromatic rings. The first-order valence-corrected chi connectivity index (χ1v) is 12.6. The molecule has 3 aromatic heterocycles. The van der Waals surface area contributed by atoms with Crippen LogP contribution in [0.3, 0.4) is 0 Å². The summed E-state index contributed by atoms with van der Waals surface area (Å²) in [4.78, 5) is 30.2. The van der Waals surface area contributed by atoms with Gasteiger partial charge in [-0.05, 0) is 53.1 Å². The van der Waals surface area contributed by atoms with Crippen molar-refractivity contribution in [3.05, 3.63) is 54.2 Å². The Labute approximate surface area is 225 Å². The van der Waals surface area contributed by atoms with E-state index in [9.17, 15) is 4.79 Å². The third kappa shape index (κ3) is 4.52. The molecule has 0 fully saturated rings. The Bertz CT molecular complexity index is 1580. The van der Waals surface area contributed by atoms with Gasteiger partial charge in [-0.3, -0.25) is 4.79 Å². The quantitative estimate of drug-likeness (QED) is 0.414. The molecule has 12 heteroatoms. The van der Waals surface area contributed by atoms with Gasteiger partial charge >= 0.3 is 0 Å². The number of nitrogens with one attached hydrogen (secondary N) is 1. The van der Waals surface area contributed by atoms with Crippen LogP contribution >= 0.6 is 0 Å². The van der Waals surface area contributed by atoms with E-state index in [2.05, 4.69) is 25.6 Å². The van der Waals surface area contributed by atoms with E-state index < -0.39 is 5.60 Å².